The van der Waals surface area contributed by atoms with E-state index in [-0.39, 0.29) is 11.5 Å². The fourth-order valence-corrected chi connectivity index (χ4v) is 5.65. The van der Waals surface area contributed by atoms with Crippen LogP contribution in [0, 0.1) is 6.92 Å². The zero-order valence-electron chi connectivity index (χ0n) is 20.6. The maximum atomic E-state index is 12.9. The number of ether oxygens (including phenoxy) is 1. The number of anilines is 1. The number of methoxy groups -OCH3 is 1. The summed E-state index contributed by atoms with van der Waals surface area (Å²) >= 11 is 6.18. The lowest BCUT2D eigenvalue weighted by atomic mass is 10.1. The number of hydrogen-bond donors (Lipinski definition) is 1. The normalized spacial score (nSPS) is 14.8. The van der Waals surface area contributed by atoms with Gasteiger partial charge in [0.15, 0.2) is 0 Å². The van der Waals surface area contributed by atoms with Crippen LogP contribution in [0.1, 0.15) is 31.8 Å². The molecule has 8 nitrogen and oxygen atoms in total. The van der Waals surface area contributed by atoms with Crippen molar-refractivity contribution in [3.8, 4) is 0 Å². The SMILES string of the molecule is COC(=O)c1ccc(Cl)c(NC(=O)c2ccc(CN3CCN(S(=O)(=O)c4ccc(C)cc4)CC3)cc2)c1. The standard InChI is InChI=1S/C27H28ClN3O5S/c1-19-3-10-23(11-4-19)37(34,35)31-15-13-30(14-16-31)18-20-5-7-21(8-6-20)26(32)29-25-17-22(27(33)36-2)9-12-24(25)28/h3-12,17H,13-16,18H2,1-2H3,(H,29,32). The van der Waals surface area contributed by atoms with Crippen molar-refractivity contribution in [2.75, 3.05) is 38.6 Å². The summed E-state index contributed by atoms with van der Waals surface area (Å²) in [6.45, 7) is 4.64. The number of rotatable bonds is 7. The highest BCUT2D eigenvalue weighted by molar-refractivity contribution is 7.89. The Hall–Kier alpha value is -3.24. The number of nitrogens with one attached hydrogen (secondary N) is 1. The zero-order valence-corrected chi connectivity index (χ0v) is 22.2. The third-order valence-electron chi connectivity index (χ3n) is 6.25. The Balaban J connectivity index is 1.33. The Morgan fingerprint density at radius 3 is 2.16 bits per heavy atom. The molecule has 3 aromatic rings. The summed E-state index contributed by atoms with van der Waals surface area (Å²) in [6.07, 6.45) is 0. The molecule has 1 fully saturated rings. The minimum Gasteiger partial charge on any atom is -0.465 e. The van der Waals surface area contributed by atoms with Crippen LogP contribution in [0.5, 0.6) is 0 Å². The van der Waals surface area contributed by atoms with Crippen LogP contribution in [0.25, 0.3) is 0 Å². The van der Waals surface area contributed by atoms with E-state index >= 15 is 0 Å². The highest BCUT2D eigenvalue weighted by Gasteiger charge is 2.28. The van der Waals surface area contributed by atoms with Crippen LogP contribution in [0.3, 0.4) is 0 Å². The second kappa shape index (κ2) is 11.4. The first-order chi connectivity index (χ1) is 17.7. The number of nitrogens with zero attached hydrogens (tertiary/aromatic N) is 2. The molecule has 0 spiro atoms. The van der Waals surface area contributed by atoms with Crippen LogP contribution < -0.4 is 5.32 Å². The lowest BCUT2D eigenvalue weighted by molar-refractivity contribution is 0.0600. The second-order valence-corrected chi connectivity index (χ2v) is 11.2. The van der Waals surface area contributed by atoms with Crippen molar-refractivity contribution in [2.45, 2.75) is 18.4 Å². The van der Waals surface area contributed by atoms with Gasteiger partial charge in [-0.25, -0.2) is 13.2 Å². The molecule has 3 aromatic carbocycles. The average molecular weight is 542 g/mol. The van der Waals surface area contributed by atoms with Gasteiger partial charge in [-0.3, -0.25) is 9.69 Å². The average Bonchev–Trinajstić information content (AvgIpc) is 2.90. The van der Waals surface area contributed by atoms with Gasteiger partial charge in [-0.1, -0.05) is 41.4 Å². The predicted molar refractivity (Wildman–Crippen MR) is 142 cm³/mol. The molecule has 1 amide bonds. The van der Waals surface area contributed by atoms with E-state index in [0.29, 0.717) is 53.9 Å². The largest absolute Gasteiger partial charge is 0.465 e. The second-order valence-electron chi connectivity index (χ2n) is 8.83. The van der Waals surface area contributed by atoms with Crippen LogP contribution in [0.15, 0.2) is 71.6 Å². The van der Waals surface area contributed by atoms with Gasteiger partial charge in [-0.05, 0) is 55.0 Å². The Kier molecular flexibility index (Phi) is 8.29. The van der Waals surface area contributed by atoms with E-state index in [4.69, 9.17) is 16.3 Å². The summed E-state index contributed by atoms with van der Waals surface area (Å²) in [5, 5.41) is 3.04. The van der Waals surface area contributed by atoms with Crippen LogP contribution >= 0.6 is 11.6 Å². The summed E-state index contributed by atoms with van der Waals surface area (Å²) in [7, 11) is -2.22. The van der Waals surface area contributed by atoms with E-state index in [9.17, 15) is 18.0 Å². The van der Waals surface area contributed by atoms with E-state index in [1.807, 2.05) is 19.1 Å². The number of carbonyl (C=O) groups is 2. The molecule has 0 unspecified atom stereocenters. The number of amides is 1. The van der Waals surface area contributed by atoms with Gasteiger partial charge >= 0.3 is 5.97 Å². The molecular formula is C27H28ClN3O5S. The molecule has 37 heavy (non-hydrogen) atoms. The third-order valence-corrected chi connectivity index (χ3v) is 8.49. The smallest absolute Gasteiger partial charge is 0.337 e. The molecule has 4 rings (SSSR count). The molecule has 194 valence electrons. The molecular weight excluding hydrogens is 514 g/mol. The predicted octanol–water partition coefficient (Wildman–Crippen LogP) is 4.19. The van der Waals surface area contributed by atoms with Crippen molar-refractivity contribution in [3.63, 3.8) is 0 Å². The fourth-order valence-electron chi connectivity index (χ4n) is 4.07. The number of sulfonamides is 1. The van der Waals surface area contributed by atoms with E-state index in [0.717, 1.165) is 11.1 Å². The minimum atomic E-state index is -3.50. The van der Waals surface area contributed by atoms with Gasteiger partial charge in [0.05, 0.1) is 28.3 Å². The summed E-state index contributed by atoms with van der Waals surface area (Å²) in [4.78, 5) is 27.0. The highest BCUT2D eigenvalue weighted by atomic mass is 35.5. The van der Waals surface area contributed by atoms with Crippen LogP contribution in [0.4, 0.5) is 5.69 Å². The maximum Gasteiger partial charge on any atom is 0.337 e. The quantitative estimate of drug-likeness (QED) is 0.451. The summed E-state index contributed by atoms with van der Waals surface area (Å²) in [6, 6.07) is 18.6. The van der Waals surface area contributed by atoms with Gasteiger partial charge < -0.3 is 10.1 Å². The van der Waals surface area contributed by atoms with Gasteiger partial charge in [0, 0.05) is 38.3 Å². The molecule has 0 bridgehead atoms. The summed E-state index contributed by atoms with van der Waals surface area (Å²) in [5.41, 5.74) is 3.07. The number of esters is 1. The van der Waals surface area contributed by atoms with Crippen LogP contribution in [-0.4, -0.2) is 62.8 Å². The molecule has 0 radical (unpaired) electrons. The van der Waals surface area contributed by atoms with Crippen molar-refractivity contribution in [2.24, 2.45) is 0 Å². The molecule has 10 heteroatoms. The number of halogens is 1. The Morgan fingerprint density at radius 2 is 1.54 bits per heavy atom. The third kappa shape index (κ3) is 6.37. The van der Waals surface area contributed by atoms with Gasteiger partial charge in [-0.15, -0.1) is 0 Å². The van der Waals surface area contributed by atoms with Gasteiger partial charge in [0.25, 0.3) is 5.91 Å². The molecule has 1 saturated heterocycles. The first kappa shape index (κ1) is 26.8. The monoisotopic (exact) mass is 541 g/mol. The lowest BCUT2D eigenvalue weighted by Gasteiger charge is -2.34. The summed E-state index contributed by atoms with van der Waals surface area (Å²) in [5.74, 6) is -0.879. The molecule has 1 N–H and O–H groups in total. The van der Waals surface area contributed by atoms with E-state index in [1.165, 1.54) is 29.6 Å². The van der Waals surface area contributed by atoms with Crippen molar-refractivity contribution in [3.05, 3.63) is 94.0 Å². The van der Waals surface area contributed by atoms with Gasteiger partial charge in [-0.2, -0.15) is 4.31 Å². The summed E-state index contributed by atoms with van der Waals surface area (Å²) < 4.78 is 32.1. The number of hydrogen-bond acceptors (Lipinski definition) is 6. The Morgan fingerprint density at radius 1 is 0.919 bits per heavy atom. The van der Waals surface area contributed by atoms with Crippen molar-refractivity contribution in [1.29, 1.82) is 0 Å². The number of carbonyl (C=O) groups excluding carboxylic acids is 2. The molecule has 1 heterocycles. The molecule has 0 saturated carbocycles. The minimum absolute atomic E-state index is 0.282. The van der Waals surface area contributed by atoms with Crippen molar-refractivity contribution >= 4 is 39.2 Å². The van der Waals surface area contributed by atoms with E-state index in [1.54, 1.807) is 36.4 Å². The van der Waals surface area contributed by atoms with E-state index in [2.05, 4.69) is 10.2 Å². The highest BCUT2D eigenvalue weighted by Crippen LogP contribution is 2.24. The van der Waals surface area contributed by atoms with E-state index < -0.39 is 16.0 Å². The molecule has 0 aliphatic carbocycles. The first-order valence-electron chi connectivity index (χ1n) is 11.7. The van der Waals surface area contributed by atoms with Crippen LogP contribution in [0.2, 0.25) is 5.02 Å². The number of piperazine rings is 1. The Labute approximate surface area is 221 Å². The number of benzene rings is 3. The molecule has 0 atom stereocenters. The molecule has 0 aromatic heterocycles. The fraction of sp³-hybridized carbons (Fsp3) is 0.259. The molecule has 1 aliphatic rings. The molecule has 1 aliphatic heterocycles. The lowest BCUT2D eigenvalue weighted by Crippen LogP contribution is -2.48. The maximum absolute atomic E-state index is 12.9. The van der Waals surface area contributed by atoms with Gasteiger partial charge in [0.2, 0.25) is 10.0 Å². The van der Waals surface area contributed by atoms with Crippen LogP contribution in [-0.2, 0) is 21.3 Å². The van der Waals surface area contributed by atoms with Gasteiger partial charge in [0.1, 0.15) is 0 Å². The zero-order chi connectivity index (χ0) is 26.6. The van der Waals surface area contributed by atoms with Crippen molar-refractivity contribution < 1.29 is 22.7 Å². The first-order valence-corrected chi connectivity index (χ1v) is 13.6. The Bertz CT molecular complexity index is 1380. The van der Waals surface area contributed by atoms with Crippen molar-refractivity contribution in [1.82, 2.24) is 9.21 Å². The topological polar surface area (TPSA) is 96.0 Å². The number of aryl methyl sites for hydroxylation is 1.